The first kappa shape index (κ1) is 42.7. The molecule has 3 N–H and O–H groups in total. The maximum absolute atomic E-state index is 13.5. The third-order valence-corrected chi connectivity index (χ3v) is 13.9. The summed E-state index contributed by atoms with van der Waals surface area (Å²) in [5.74, 6) is 1.10. The molecular weight excluding hydrogens is 827 g/mol. The molecule has 7 heterocycles. The van der Waals surface area contributed by atoms with E-state index in [2.05, 4.69) is 121 Å². The molecule has 0 spiro atoms. The van der Waals surface area contributed by atoms with Crippen molar-refractivity contribution in [2.75, 3.05) is 79.3 Å². The number of aromatic nitrogens is 3. The summed E-state index contributed by atoms with van der Waals surface area (Å²) in [6.07, 6.45) is 10.4. The van der Waals surface area contributed by atoms with Crippen LogP contribution in [0, 0.1) is 11.3 Å². The number of piperidine rings is 3. The van der Waals surface area contributed by atoms with Gasteiger partial charge in [0.25, 0.3) is 0 Å². The number of imide groups is 1. The van der Waals surface area contributed by atoms with E-state index >= 15 is 0 Å². The van der Waals surface area contributed by atoms with Gasteiger partial charge >= 0.3 is 0 Å². The molecular formula is C52H55N11O3. The molecule has 0 bridgehead atoms. The minimum absolute atomic E-state index is 0.193. The lowest BCUT2D eigenvalue weighted by Crippen LogP contribution is -2.51. The highest BCUT2D eigenvalue weighted by atomic mass is 16.2. The highest BCUT2D eigenvalue weighted by Crippen LogP contribution is 2.34. The van der Waals surface area contributed by atoms with Crippen LogP contribution in [-0.2, 0) is 14.4 Å². The summed E-state index contributed by atoms with van der Waals surface area (Å²) in [6.45, 7) is 6.98. The second-order valence-electron chi connectivity index (χ2n) is 18.0. The van der Waals surface area contributed by atoms with E-state index in [1.807, 2.05) is 35.5 Å². The van der Waals surface area contributed by atoms with Crippen molar-refractivity contribution in [3.63, 3.8) is 0 Å². The van der Waals surface area contributed by atoms with Gasteiger partial charge in [0, 0.05) is 97.9 Å². The lowest BCUT2D eigenvalue weighted by molar-refractivity contribution is -0.134. The van der Waals surface area contributed by atoms with Crippen molar-refractivity contribution in [1.82, 2.24) is 29.7 Å². The van der Waals surface area contributed by atoms with Crippen molar-refractivity contribution in [3.05, 3.63) is 127 Å². The number of hydrogen-bond donors (Lipinski definition) is 3. The van der Waals surface area contributed by atoms with Gasteiger partial charge in [-0.15, -0.1) is 0 Å². The number of nitriles is 1. The fraction of sp³-hybridized carbons (Fsp3) is 0.346. The SMILES string of the molecule is N#Cc1cnn2cc(-c3ccc(N4CCN(C(=O)CN5CCC(c6ccc(NC7CCC(=O)NC7=O)cc6)CC5)CC4)cc3)cc(-c3ccc(N4CCC(Nc5ccccc5)CC4)nc3)c12. The Labute approximate surface area is 385 Å². The van der Waals surface area contributed by atoms with Crippen LogP contribution in [0.1, 0.15) is 55.6 Å². The van der Waals surface area contributed by atoms with Gasteiger partial charge in [-0.3, -0.25) is 24.6 Å². The van der Waals surface area contributed by atoms with Crippen molar-refractivity contribution in [3.8, 4) is 28.3 Å². The van der Waals surface area contributed by atoms with Gasteiger partial charge in [-0.2, -0.15) is 10.4 Å². The molecule has 4 aliphatic heterocycles. The third-order valence-electron chi connectivity index (χ3n) is 13.9. The molecule has 14 heteroatoms. The first-order valence-corrected chi connectivity index (χ1v) is 23.3. The number of nitrogens with zero attached hydrogens (tertiary/aromatic N) is 8. The highest BCUT2D eigenvalue weighted by molar-refractivity contribution is 6.01. The Morgan fingerprint density at radius 3 is 2.15 bits per heavy atom. The van der Waals surface area contributed by atoms with Crippen LogP contribution >= 0.6 is 0 Å². The maximum Gasteiger partial charge on any atom is 0.249 e. The molecule has 66 heavy (non-hydrogen) atoms. The van der Waals surface area contributed by atoms with Gasteiger partial charge in [0.15, 0.2) is 0 Å². The Morgan fingerprint density at radius 2 is 1.45 bits per heavy atom. The Kier molecular flexibility index (Phi) is 12.3. The molecule has 1 unspecified atom stereocenters. The van der Waals surface area contributed by atoms with Gasteiger partial charge in [-0.1, -0.05) is 42.5 Å². The predicted octanol–water partition coefficient (Wildman–Crippen LogP) is 6.76. The first-order chi connectivity index (χ1) is 32.3. The molecule has 0 aliphatic carbocycles. The average Bonchev–Trinajstić information content (AvgIpc) is 3.79. The van der Waals surface area contributed by atoms with Gasteiger partial charge < -0.3 is 25.3 Å². The van der Waals surface area contributed by atoms with Gasteiger partial charge in [-0.05, 0) is 117 Å². The van der Waals surface area contributed by atoms with E-state index in [4.69, 9.17) is 4.98 Å². The Balaban J connectivity index is 0.716. The van der Waals surface area contributed by atoms with E-state index < -0.39 is 6.04 Å². The van der Waals surface area contributed by atoms with Crippen LogP contribution < -0.4 is 25.8 Å². The molecule has 0 saturated carbocycles. The zero-order valence-corrected chi connectivity index (χ0v) is 37.1. The van der Waals surface area contributed by atoms with E-state index in [0.29, 0.717) is 50.0 Å². The number of rotatable bonds is 11. The summed E-state index contributed by atoms with van der Waals surface area (Å²) >= 11 is 0. The first-order valence-electron chi connectivity index (χ1n) is 23.3. The Bertz CT molecular complexity index is 2710. The maximum atomic E-state index is 13.5. The van der Waals surface area contributed by atoms with Crippen molar-refractivity contribution in [1.29, 1.82) is 5.26 Å². The molecule has 10 rings (SSSR count). The van der Waals surface area contributed by atoms with Crippen molar-refractivity contribution in [2.24, 2.45) is 0 Å². The number of anilines is 4. The quantitative estimate of drug-likeness (QED) is 0.118. The summed E-state index contributed by atoms with van der Waals surface area (Å²) in [6, 6.07) is 36.0. The zero-order valence-electron chi connectivity index (χ0n) is 37.1. The van der Waals surface area contributed by atoms with Crippen LogP contribution in [0.5, 0.6) is 0 Å². The molecule has 1 atom stereocenters. The zero-order chi connectivity index (χ0) is 45.0. The number of nitrogens with one attached hydrogen (secondary N) is 3. The van der Waals surface area contributed by atoms with Crippen LogP contribution in [-0.4, -0.2) is 113 Å². The number of amides is 3. The lowest BCUT2D eigenvalue weighted by atomic mass is 9.89. The van der Waals surface area contributed by atoms with E-state index in [1.54, 1.807) is 10.7 Å². The normalized spacial score (nSPS) is 18.8. The molecule has 14 nitrogen and oxygen atoms in total. The fourth-order valence-corrected chi connectivity index (χ4v) is 10.0. The molecule has 3 amide bonds. The fourth-order valence-electron chi connectivity index (χ4n) is 10.0. The molecule has 4 fully saturated rings. The minimum Gasteiger partial charge on any atom is -0.382 e. The van der Waals surface area contributed by atoms with E-state index in [0.717, 1.165) is 116 Å². The van der Waals surface area contributed by atoms with Crippen LogP contribution in [0.4, 0.5) is 22.9 Å². The van der Waals surface area contributed by atoms with E-state index in [-0.39, 0.29) is 17.7 Å². The number of pyridine rings is 2. The van der Waals surface area contributed by atoms with Crippen molar-refractivity contribution >= 4 is 46.1 Å². The average molecular weight is 882 g/mol. The summed E-state index contributed by atoms with van der Waals surface area (Å²) < 4.78 is 1.80. The molecule has 0 radical (unpaired) electrons. The van der Waals surface area contributed by atoms with Gasteiger partial charge in [-0.25, -0.2) is 9.50 Å². The highest BCUT2D eigenvalue weighted by Gasteiger charge is 2.29. The van der Waals surface area contributed by atoms with E-state index in [9.17, 15) is 19.6 Å². The largest absolute Gasteiger partial charge is 0.382 e. The smallest absolute Gasteiger partial charge is 0.249 e. The van der Waals surface area contributed by atoms with Crippen LogP contribution in [0.3, 0.4) is 0 Å². The second kappa shape index (κ2) is 19.1. The summed E-state index contributed by atoms with van der Waals surface area (Å²) in [7, 11) is 0. The van der Waals surface area contributed by atoms with Gasteiger partial charge in [0.2, 0.25) is 17.7 Å². The lowest BCUT2D eigenvalue weighted by Gasteiger charge is -2.38. The topological polar surface area (TPSA) is 154 Å². The number of para-hydroxylation sites is 1. The molecule has 336 valence electrons. The number of hydrogen-bond acceptors (Lipinski definition) is 11. The standard InChI is InChI=1S/C52H55N11O3/c53-31-41-33-55-63-34-40(30-46(51(41)63)39-10-16-48(54-32-39)61-24-20-44(21-25-61)56-42-4-2-1-3-5-42)37-8-13-45(14-9-37)60-26-28-62(29-27-60)50(65)35-59-22-18-38(19-23-59)36-6-11-43(12-7-36)57-47-15-17-49(64)58-52(47)66/h1-14,16,30,32-34,38,44,47,56-57H,15,17-29,35H2,(H,58,64,66). The van der Waals surface area contributed by atoms with Crippen LogP contribution in [0.15, 0.2) is 116 Å². The van der Waals surface area contributed by atoms with Crippen molar-refractivity contribution < 1.29 is 14.4 Å². The van der Waals surface area contributed by atoms with Crippen LogP contribution in [0.2, 0.25) is 0 Å². The number of carbonyl (C=O) groups is 3. The van der Waals surface area contributed by atoms with E-state index in [1.165, 1.54) is 5.56 Å². The van der Waals surface area contributed by atoms with Crippen LogP contribution in [0.25, 0.3) is 27.8 Å². The molecule has 3 aromatic heterocycles. The molecule has 6 aromatic rings. The van der Waals surface area contributed by atoms with Gasteiger partial charge in [0.1, 0.15) is 17.9 Å². The molecule has 3 aromatic carbocycles. The number of benzene rings is 3. The summed E-state index contributed by atoms with van der Waals surface area (Å²) in [5.41, 5.74) is 9.60. The van der Waals surface area contributed by atoms with Gasteiger partial charge in [0.05, 0.1) is 23.8 Å². The predicted molar refractivity (Wildman–Crippen MR) is 257 cm³/mol. The number of piperazine rings is 1. The number of carbonyl (C=O) groups excluding carboxylic acids is 3. The monoisotopic (exact) mass is 881 g/mol. The Morgan fingerprint density at radius 1 is 0.727 bits per heavy atom. The second-order valence-corrected chi connectivity index (χ2v) is 18.0. The summed E-state index contributed by atoms with van der Waals surface area (Å²) in [4.78, 5) is 51.0. The Hall–Kier alpha value is -7.24. The molecule has 4 aliphatic rings. The minimum atomic E-state index is -0.395. The summed E-state index contributed by atoms with van der Waals surface area (Å²) in [5, 5.41) is 23.9. The third kappa shape index (κ3) is 9.44. The number of likely N-dealkylation sites (tertiary alicyclic amines) is 1. The van der Waals surface area contributed by atoms with Crippen molar-refractivity contribution in [2.45, 2.75) is 56.5 Å². The number of fused-ring (bicyclic) bond motifs is 1. The molecule has 4 saturated heterocycles.